The van der Waals surface area contributed by atoms with Gasteiger partial charge < -0.3 is 16.0 Å². The Morgan fingerprint density at radius 3 is 2.64 bits per heavy atom. The van der Waals surface area contributed by atoms with Gasteiger partial charge in [-0.15, -0.1) is 12.4 Å². The van der Waals surface area contributed by atoms with Crippen molar-refractivity contribution in [1.29, 1.82) is 0 Å². The number of carbonyl (C=O) groups excluding carboxylic acids is 2. The Bertz CT molecular complexity index is 638. The third-order valence-corrected chi connectivity index (χ3v) is 5.32. The molecule has 2 unspecified atom stereocenters. The zero-order valence-electron chi connectivity index (χ0n) is 16.1. The molecule has 6 nitrogen and oxygen atoms in total. The fourth-order valence-corrected chi connectivity index (χ4v) is 3.80. The van der Waals surface area contributed by atoms with Crippen LogP contribution in [0, 0.1) is 11.7 Å². The van der Waals surface area contributed by atoms with Crippen molar-refractivity contribution in [2.75, 3.05) is 32.7 Å². The van der Waals surface area contributed by atoms with Crippen LogP contribution in [0.25, 0.3) is 0 Å². The van der Waals surface area contributed by atoms with E-state index in [2.05, 4.69) is 20.9 Å². The molecule has 2 amide bonds. The smallest absolute Gasteiger partial charge is 0.237 e. The number of piperidine rings is 1. The van der Waals surface area contributed by atoms with Crippen LogP contribution in [0.15, 0.2) is 24.3 Å². The summed E-state index contributed by atoms with van der Waals surface area (Å²) in [6.45, 7) is 4.07. The first kappa shape index (κ1) is 22.6. The number of nitrogens with one attached hydrogen (secondary N) is 3. The van der Waals surface area contributed by atoms with E-state index in [0.717, 1.165) is 50.9 Å². The summed E-state index contributed by atoms with van der Waals surface area (Å²) in [7, 11) is 0. The van der Waals surface area contributed by atoms with Gasteiger partial charge in [-0.1, -0.05) is 12.1 Å². The molecule has 2 fully saturated rings. The number of halogens is 2. The van der Waals surface area contributed by atoms with Crippen LogP contribution >= 0.6 is 12.4 Å². The van der Waals surface area contributed by atoms with Crippen LogP contribution in [-0.4, -0.2) is 55.5 Å². The average molecular weight is 413 g/mol. The van der Waals surface area contributed by atoms with E-state index in [4.69, 9.17) is 0 Å². The summed E-state index contributed by atoms with van der Waals surface area (Å²) in [5.74, 6) is 0.176. The molecule has 0 saturated carbocycles. The SMILES string of the molecule is Cl.O=C(CN1CCCC(CNC(=O)C2CCCN2)C1)NCc1ccc(F)cc1. The van der Waals surface area contributed by atoms with Crippen LogP contribution in [-0.2, 0) is 16.1 Å². The van der Waals surface area contributed by atoms with E-state index in [9.17, 15) is 14.0 Å². The summed E-state index contributed by atoms with van der Waals surface area (Å²) in [6.07, 6.45) is 4.08. The van der Waals surface area contributed by atoms with Crippen molar-refractivity contribution in [2.45, 2.75) is 38.3 Å². The second-order valence-electron chi connectivity index (χ2n) is 7.54. The highest BCUT2D eigenvalue weighted by atomic mass is 35.5. The molecule has 0 aliphatic carbocycles. The van der Waals surface area contributed by atoms with Crippen molar-refractivity contribution in [3.05, 3.63) is 35.6 Å². The molecule has 2 atom stereocenters. The summed E-state index contributed by atoms with van der Waals surface area (Å²) in [5.41, 5.74) is 0.879. The van der Waals surface area contributed by atoms with Crippen molar-refractivity contribution in [3.8, 4) is 0 Å². The zero-order chi connectivity index (χ0) is 19.1. The maximum atomic E-state index is 12.9. The van der Waals surface area contributed by atoms with E-state index in [1.165, 1.54) is 12.1 Å². The normalized spacial score (nSPS) is 22.3. The van der Waals surface area contributed by atoms with Crippen LogP contribution in [0.2, 0.25) is 0 Å². The highest BCUT2D eigenvalue weighted by Gasteiger charge is 2.25. The lowest BCUT2D eigenvalue weighted by Crippen LogP contribution is -2.47. The van der Waals surface area contributed by atoms with E-state index in [-0.39, 0.29) is 36.1 Å². The van der Waals surface area contributed by atoms with Gasteiger partial charge in [-0.3, -0.25) is 14.5 Å². The lowest BCUT2D eigenvalue weighted by atomic mass is 9.98. The fraction of sp³-hybridized carbons (Fsp3) is 0.600. The Morgan fingerprint density at radius 2 is 1.93 bits per heavy atom. The quantitative estimate of drug-likeness (QED) is 0.633. The molecule has 28 heavy (non-hydrogen) atoms. The largest absolute Gasteiger partial charge is 0.354 e. The number of amides is 2. The Hall–Kier alpha value is -1.70. The third kappa shape index (κ3) is 7.04. The minimum Gasteiger partial charge on any atom is -0.354 e. The molecule has 0 aromatic heterocycles. The Morgan fingerprint density at radius 1 is 1.14 bits per heavy atom. The Labute approximate surface area is 172 Å². The van der Waals surface area contributed by atoms with Gasteiger partial charge in [0.2, 0.25) is 11.8 Å². The van der Waals surface area contributed by atoms with Crippen molar-refractivity contribution < 1.29 is 14.0 Å². The van der Waals surface area contributed by atoms with Crippen LogP contribution in [0.4, 0.5) is 4.39 Å². The van der Waals surface area contributed by atoms with Gasteiger partial charge in [-0.05, 0) is 62.4 Å². The fourth-order valence-electron chi connectivity index (χ4n) is 3.80. The van der Waals surface area contributed by atoms with Gasteiger partial charge in [-0.25, -0.2) is 4.39 Å². The molecule has 2 aliphatic rings. The van der Waals surface area contributed by atoms with Crippen LogP contribution in [0.5, 0.6) is 0 Å². The molecule has 0 spiro atoms. The number of nitrogens with zero attached hydrogens (tertiary/aromatic N) is 1. The van der Waals surface area contributed by atoms with Gasteiger partial charge in [0, 0.05) is 19.6 Å². The topological polar surface area (TPSA) is 73.5 Å². The predicted octanol–water partition coefficient (Wildman–Crippen LogP) is 1.44. The molecule has 2 heterocycles. The first-order chi connectivity index (χ1) is 13.1. The summed E-state index contributed by atoms with van der Waals surface area (Å²) >= 11 is 0. The molecule has 3 rings (SSSR count). The van der Waals surface area contributed by atoms with E-state index in [1.807, 2.05) is 0 Å². The van der Waals surface area contributed by atoms with Crippen molar-refractivity contribution in [1.82, 2.24) is 20.9 Å². The molecule has 1 aromatic carbocycles. The van der Waals surface area contributed by atoms with Crippen LogP contribution in [0.3, 0.4) is 0 Å². The highest BCUT2D eigenvalue weighted by molar-refractivity contribution is 5.85. The van der Waals surface area contributed by atoms with Gasteiger partial charge in [0.1, 0.15) is 5.82 Å². The number of hydrogen-bond acceptors (Lipinski definition) is 4. The van der Waals surface area contributed by atoms with E-state index in [1.54, 1.807) is 12.1 Å². The average Bonchev–Trinajstić information content (AvgIpc) is 3.21. The van der Waals surface area contributed by atoms with Crippen molar-refractivity contribution in [2.24, 2.45) is 5.92 Å². The van der Waals surface area contributed by atoms with Gasteiger partial charge in [-0.2, -0.15) is 0 Å². The van der Waals surface area contributed by atoms with Gasteiger partial charge >= 0.3 is 0 Å². The minimum atomic E-state index is -0.278. The molecule has 2 saturated heterocycles. The molecule has 0 radical (unpaired) electrons. The number of rotatable bonds is 7. The summed E-state index contributed by atoms with van der Waals surface area (Å²) in [4.78, 5) is 26.5. The zero-order valence-corrected chi connectivity index (χ0v) is 16.9. The number of benzene rings is 1. The molecule has 2 aliphatic heterocycles. The third-order valence-electron chi connectivity index (χ3n) is 5.32. The standard InChI is InChI=1S/C20H29FN4O2.ClH/c21-17-7-5-15(6-8-17)11-23-19(26)14-25-10-2-3-16(13-25)12-24-20(27)18-4-1-9-22-18;/h5-8,16,18,22H,1-4,9-14H2,(H,23,26)(H,24,27);1H. The molecule has 3 N–H and O–H groups in total. The summed E-state index contributed by atoms with van der Waals surface area (Å²) < 4.78 is 12.9. The van der Waals surface area contributed by atoms with Gasteiger partial charge in [0.15, 0.2) is 0 Å². The lowest BCUT2D eigenvalue weighted by Gasteiger charge is -2.32. The predicted molar refractivity (Wildman–Crippen MR) is 109 cm³/mol. The second kappa shape index (κ2) is 11.3. The van der Waals surface area contributed by atoms with Crippen LogP contribution < -0.4 is 16.0 Å². The molecule has 1 aromatic rings. The number of likely N-dealkylation sites (tertiary alicyclic amines) is 1. The maximum Gasteiger partial charge on any atom is 0.237 e. The van der Waals surface area contributed by atoms with Gasteiger partial charge in [0.25, 0.3) is 0 Å². The highest BCUT2D eigenvalue weighted by Crippen LogP contribution is 2.16. The lowest BCUT2D eigenvalue weighted by molar-refractivity contribution is -0.124. The maximum absolute atomic E-state index is 12.9. The molecule has 0 bridgehead atoms. The van der Waals surface area contributed by atoms with E-state index < -0.39 is 0 Å². The first-order valence-corrected chi connectivity index (χ1v) is 9.85. The molecular weight excluding hydrogens is 383 g/mol. The molecule has 8 heteroatoms. The van der Waals surface area contributed by atoms with Gasteiger partial charge in [0.05, 0.1) is 12.6 Å². The monoisotopic (exact) mass is 412 g/mol. The second-order valence-corrected chi connectivity index (χ2v) is 7.54. The minimum absolute atomic E-state index is 0. The van der Waals surface area contributed by atoms with Crippen molar-refractivity contribution >= 4 is 24.2 Å². The van der Waals surface area contributed by atoms with Crippen molar-refractivity contribution in [3.63, 3.8) is 0 Å². The Balaban J connectivity index is 0.00000280. The van der Waals surface area contributed by atoms with E-state index >= 15 is 0 Å². The van der Waals surface area contributed by atoms with Crippen LogP contribution in [0.1, 0.15) is 31.2 Å². The molecule has 156 valence electrons. The summed E-state index contributed by atoms with van der Waals surface area (Å²) in [5, 5.41) is 9.16. The molecular formula is C20H30ClFN4O2. The van der Waals surface area contributed by atoms with E-state index in [0.29, 0.717) is 25.6 Å². The first-order valence-electron chi connectivity index (χ1n) is 9.85. The number of hydrogen-bond donors (Lipinski definition) is 3. The summed E-state index contributed by atoms with van der Waals surface area (Å²) in [6, 6.07) is 6.10. The number of carbonyl (C=O) groups is 2. The Kier molecular flexibility index (Phi) is 9.15.